The minimum Gasteiger partial charge on any atom is -0.481 e. The molecule has 0 saturated heterocycles. The molecule has 0 aliphatic carbocycles. The molecule has 0 saturated carbocycles. The van der Waals surface area contributed by atoms with E-state index in [-0.39, 0.29) is 0 Å². The minimum absolute atomic E-state index is 0.355. The zero-order valence-corrected chi connectivity index (χ0v) is 9.48. The first-order valence-corrected chi connectivity index (χ1v) is 5.20. The Morgan fingerprint density at radius 1 is 1.19 bits per heavy atom. The Morgan fingerprint density at radius 3 is 2.38 bits per heavy atom. The highest BCUT2D eigenvalue weighted by atomic mass is 32.1. The summed E-state index contributed by atoms with van der Waals surface area (Å²) in [5.41, 5.74) is 1.61. The smallest absolute Gasteiger partial charge is 0.235 e. The van der Waals surface area contributed by atoms with Crippen molar-refractivity contribution in [3.63, 3.8) is 0 Å². The van der Waals surface area contributed by atoms with Crippen LogP contribution < -0.4 is 14.8 Å². The number of nitrogens with one attached hydrogen (secondary N) is 1. The number of ether oxygens (including phenoxy) is 2. The van der Waals surface area contributed by atoms with Crippen molar-refractivity contribution in [3.05, 3.63) is 11.6 Å². The van der Waals surface area contributed by atoms with Crippen molar-refractivity contribution in [2.75, 3.05) is 19.5 Å². The van der Waals surface area contributed by atoms with Crippen LogP contribution in [0.25, 0.3) is 0 Å². The second-order valence-corrected chi connectivity index (χ2v) is 3.48. The van der Waals surface area contributed by atoms with E-state index in [1.807, 2.05) is 0 Å². The van der Waals surface area contributed by atoms with E-state index in [0.29, 0.717) is 22.8 Å². The van der Waals surface area contributed by atoms with E-state index in [4.69, 9.17) is 9.47 Å². The summed E-state index contributed by atoms with van der Waals surface area (Å²) in [6.45, 7) is 0. The van der Waals surface area contributed by atoms with Crippen molar-refractivity contribution in [1.82, 2.24) is 20.2 Å². The molecule has 2 rings (SSSR count). The van der Waals surface area contributed by atoms with E-state index >= 15 is 0 Å². The summed E-state index contributed by atoms with van der Waals surface area (Å²) in [6, 6.07) is 1.59. The van der Waals surface area contributed by atoms with Crippen LogP contribution in [0.4, 0.5) is 11.1 Å². The third-order valence-electron chi connectivity index (χ3n) is 1.68. The van der Waals surface area contributed by atoms with Gasteiger partial charge in [-0.25, -0.2) is 0 Å². The Morgan fingerprint density at radius 2 is 1.88 bits per heavy atom. The van der Waals surface area contributed by atoms with Crippen LogP contribution in [-0.2, 0) is 0 Å². The second-order valence-electron chi connectivity index (χ2n) is 2.65. The maximum absolute atomic E-state index is 5.01. The van der Waals surface area contributed by atoms with Gasteiger partial charge in [-0.05, 0) is 0 Å². The number of methoxy groups -OCH3 is 2. The Bertz CT molecular complexity index is 439. The van der Waals surface area contributed by atoms with Gasteiger partial charge in [0.15, 0.2) is 0 Å². The monoisotopic (exact) mass is 239 g/mol. The predicted octanol–water partition coefficient (Wildman–Crippen LogP) is 1.09. The van der Waals surface area contributed by atoms with Gasteiger partial charge in [0.05, 0.1) is 20.3 Å². The molecule has 0 aliphatic rings. The van der Waals surface area contributed by atoms with Crippen molar-refractivity contribution in [2.45, 2.75) is 0 Å². The van der Waals surface area contributed by atoms with E-state index in [0.717, 1.165) is 0 Å². The number of aromatic nitrogens is 4. The van der Waals surface area contributed by atoms with Gasteiger partial charge in [-0.2, -0.15) is 9.97 Å². The van der Waals surface area contributed by atoms with Crippen LogP contribution >= 0.6 is 11.3 Å². The summed E-state index contributed by atoms with van der Waals surface area (Å²) in [5.74, 6) is 1.19. The molecule has 1 N–H and O–H groups in total. The predicted molar refractivity (Wildman–Crippen MR) is 58.3 cm³/mol. The van der Waals surface area contributed by atoms with Crippen LogP contribution in [0, 0.1) is 0 Å². The van der Waals surface area contributed by atoms with Gasteiger partial charge < -0.3 is 9.47 Å². The van der Waals surface area contributed by atoms with Crippen molar-refractivity contribution in [2.24, 2.45) is 0 Å². The summed E-state index contributed by atoms with van der Waals surface area (Å²) in [4.78, 5) is 8.18. The van der Waals surface area contributed by atoms with E-state index in [2.05, 4.69) is 25.5 Å². The normalized spacial score (nSPS) is 9.88. The first-order valence-electron chi connectivity index (χ1n) is 4.32. The van der Waals surface area contributed by atoms with Gasteiger partial charge in [0.25, 0.3) is 0 Å². The largest absolute Gasteiger partial charge is 0.481 e. The van der Waals surface area contributed by atoms with Gasteiger partial charge in [-0.15, -0.1) is 10.2 Å². The summed E-state index contributed by atoms with van der Waals surface area (Å²) in [7, 11) is 3.05. The fourth-order valence-electron chi connectivity index (χ4n) is 0.992. The van der Waals surface area contributed by atoms with Gasteiger partial charge in [-0.3, -0.25) is 5.32 Å². The molecule has 84 valence electrons. The number of hydrogen-bond acceptors (Lipinski definition) is 8. The topological polar surface area (TPSA) is 82.0 Å². The summed E-state index contributed by atoms with van der Waals surface area (Å²) >= 11 is 1.35. The summed E-state index contributed by atoms with van der Waals surface area (Å²) < 4.78 is 10.0. The molecule has 0 fully saturated rings. The Hall–Kier alpha value is -1.96. The number of rotatable bonds is 4. The lowest BCUT2D eigenvalue weighted by molar-refractivity contribution is 0.373. The van der Waals surface area contributed by atoms with Crippen molar-refractivity contribution >= 4 is 22.4 Å². The highest BCUT2D eigenvalue weighted by molar-refractivity contribution is 7.13. The first-order chi connectivity index (χ1) is 7.81. The lowest BCUT2D eigenvalue weighted by Crippen LogP contribution is -2.00. The quantitative estimate of drug-likeness (QED) is 0.855. The van der Waals surface area contributed by atoms with Gasteiger partial charge in [0.2, 0.25) is 22.8 Å². The molecule has 0 radical (unpaired) electrons. The summed E-state index contributed by atoms with van der Waals surface area (Å²) in [5, 5.41) is 11.0. The van der Waals surface area contributed by atoms with E-state index in [1.54, 1.807) is 11.6 Å². The SMILES string of the molecule is COc1cc(OC)nc(Nc2nncs2)n1. The fourth-order valence-corrected chi connectivity index (χ4v) is 1.43. The molecule has 2 heterocycles. The van der Waals surface area contributed by atoms with Gasteiger partial charge in [-0.1, -0.05) is 11.3 Å². The lowest BCUT2D eigenvalue weighted by Gasteiger charge is -2.05. The lowest BCUT2D eigenvalue weighted by atomic mass is 10.6. The molecule has 2 aromatic rings. The zero-order chi connectivity index (χ0) is 11.4. The molecule has 0 bridgehead atoms. The van der Waals surface area contributed by atoms with Gasteiger partial charge >= 0.3 is 0 Å². The molecule has 0 atom stereocenters. The third kappa shape index (κ3) is 2.34. The number of hydrogen-bond donors (Lipinski definition) is 1. The number of anilines is 2. The van der Waals surface area contributed by atoms with Crippen LogP contribution in [0.15, 0.2) is 11.6 Å². The maximum atomic E-state index is 5.01. The average molecular weight is 239 g/mol. The molecular weight excluding hydrogens is 230 g/mol. The molecule has 16 heavy (non-hydrogen) atoms. The third-order valence-corrected chi connectivity index (χ3v) is 2.28. The van der Waals surface area contributed by atoms with Crippen LogP contribution in [0.1, 0.15) is 0 Å². The summed E-state index contributed by atoms with van der Waals surface area (Å²) in [6.07, 6.45) is 0. The maximum Gasteiger partial charge on any atom is 0.235 e. The highest BCUT2D eigenvalue weighted by Gasteiger charge is 2.06. The fraction of sp³-hybridized carbons (Fsp3) is 0.250. The van der Waals surface area contributed by atoms with Crippen molar-refractivity contribution in [1.29, 1.82) is 0 Å². The van der Waals surface area contributed by atoms with Crippen LogP contribution in [0.5, 0.6) is 11.8 Å². The number of nitrogens with zero attached hydrogens (tertiary/aromatic N) is 4. The van der Waals surface area contributed by atoms with Gasteiger partial charge in [0.1, 0.15) is 5.51 Å². The van der Waals surface area contributed by atoms with Crippen molar-refractivity contribution in [3.8, 4) is 11.8 Å². The minimum atomic E-state index is 0.355. The average Bonchev–Trinajstić information content (AvgIpc) is 2.81. The Balaban J connectivity index is 2.26. The Labute approximate surface area is 95.5 Å². The standard InChI is InChI=1S/C8H9N5O2S/c1-14-5-3-6(15-2)11-7(10-5)12-8-13-9-4-16-8/h3-4H,1-2H3,(H,10,11,12,13). The molecule has 0 unspecified atom stereocenters. The highest BCUT2D eigenvalue weighted by Crippen LogP contribution is 2.20. The van der Waals surface area contributed by atoms with E-state index in [9.17, 15) is 0 Å². The second kappa shape index (κ2) is 4.71. The Kier molecular flexibility index (Phi) is 3.10. The van der Waals surface area contributed by atoms with Crippen molar-refractivity contribution < 1.29 is 9.47 Å². The first kappa shape index (κ1) is 10.6. The molecule has 0 aromatic carbocycles. The molecule has 0 aliphatic heterocycles. The molecule has 7 nitrogen and oxygen atoms in total. The molecule has 0 spiro atoms. The van der Waals surface area contributed by atoms with E-state index in [1.165, 1.54) is 25.6 Å². The van der Waals surface area contributed by atoms with Crippen LogP contribution in [0.2, 0.25) is 0 Å². The molecule has 0 amide bonds. The molecular formula is C8H9N5O2S. The van der Waals surface area contributed by atoms with Crippen LogP contribution in [-0.4, -0.2) is 34.4 Å². The zero-order valence-electron chi connectivity index (χ0n) is 8.67. The molecule has 2 aromatic heterocycles. The van der Waals surface area contributed by atoms with Crippen LogP contribution in [0.3, 0.4) is 0 Å². The van der Waals surface area contributed by atoms with E-state index < -0.39 is 0 Å². The molecule has 8 heteroatoms. The van der Waals surface area contributed by atoms with Gasteiger partial charge in [0, 0.05) is 0 Å².